The van der Waals surface area contributed by atoms with Crippen LogP contribution in [-0.4, -0.2) is 16.0 Å². The van der Waals surface area contributed by atoms with Gasteiger partial charge in [-0.25, -0.2) is 13.6 Å². The second kappa shape index (κ2) is 12.4. The lowest BCUT2D eigenvalue weighted by Crippen LogP contribution is -2.31. The topological polar surface area (TPSA) is 69.8 Å². The molecule has 0 bridgehead atoms. The van der Waals surface area contributed by atoms with Crippen LogP contribution >= 0.6 is 23.5 Å². The molecule has 0 saturated carbocycles. The molecule has 0 unspecified atom stereocenters. The van der Waals surface area contributed by atoms with E-state index in [4.69, 9.17) is 11.6 Å². The molecule has 0 aliphatic carbocycles. The number of aromatic nitrogens is 2. The van der Waals surface area contributed by atoms with E-state index < -0.39 is 11.6 Å². The first-order valence-electron chi connectivity index (χ1n) is 11.3. The van der Waals surface area contributed by atoms with E-state index >= 15 is 0 Å². The van der Waals surface area contributed by atoms with Gasteiger partial charge in [-0.2, -0.15) is 0 Å². The van der Waals surface area contributed by atoms with Gasteiger partial charge in [0, 0.05) is 45.4 Å². The van der Waals surface area contributed by atoms with Crippen molar-refractivity contribution in [1.29, 1.82) is 0 Å². The van der Waals surface area contributed by atoms with Crippen LogP contribution in [0.4, 0.5) is 13.6 Å². The van der Waals surface area contributed by atoms with Crippen molar-refractivity contribution in [1.82, 2.24) is 20.0 Å². The molecule has 0 fully saturated rings. The Bertz CT molecular complexity index is 1470. The Labute approximate surface area is 222 Å². The van der Waals surface area contributed by atoms with Crippen LogP contribution in [0.3, 0.4) is 0 Å². The van der Waals surface area contributed by atoms with Crippen molar-refractivity contribution in [3.63, 3.8) is 0 Å². The average Bonchev–Trinajstić information content (AvgIpc) is 3.31. The summed E-state index contributed by atoms with van der Waals surface area (Å²) in [5, 5.41) is 4.57. The number of halogens is 3. The van der Waals surface area contributed by atoms with Gasteiger partial charge in [0.05, 0.1) is 17.3 Å². The Balaban J connectivity index is 0.000000301. The summed E-state index contributed by atoms with van der Waals surface area (Å²) in [5.74, 6) is -1.04. The largest absolute Gasteiger partial charge is 0.361 e. The van der Waals surface area contributed by atoms with Gasteiger partial charge in [-0.15, -0.1) is 0 Å². The van der Waals surface area contributed by atoms with Gasteiger partial charge in [0.1, 0.15) is 11.6 Å². The van der Waals surface area contributed by atoms with Crippen LogP contribution in [0.25, 0.3) is 22.0 Å². The number of carbonyl (C=O) groups is 1. The van der Waals surface area contributed by atoms with Crippen molar-refractivity contribution in [3.05, 3.63) is 119 Å². The van der Waals surface area contributed by atoms with Crippen molar-refractivity contribution in [3.8, 4) is 11.1 Å². The summed E-state index contributed by atoms with van der Waals surface area (Å²) in [4.78, 5) is 20.7. The molecule has 0 aliphatic rings. The predicted molar refractivity (Wildman–Crippen MR) is 145 cm³/mol. The Morgan fingerprint density at radius 3 is 2.46 bits per heavy atom. The third-order valence-corrected chi connectivity index (χ3v) is 6.59. The van der Waals surface area contributed by atoms with Gasteiger partial charge in [0.25, 0.3) is 0 Å². The van der Waals surface area contributed by atoms with Crippen molar-refractivity contribution >= 4 is 40.5 Å². The number of amides is 2. The van der Waals surface area contributed by atoms with Crippen molar-refractivity contribution in [2.75, 3.05) is 0 Å². The number of hydrogen-bond acceptors (Lipinski definition) is 3. The highest BCUT2D eigenvalue weighted by molar-refractivity contribution is 7.98. The first-order chi connectivity index (χ1) is 17.9. The molecule has 2 amide bonds. The minimum Gasteiger partial charge on any atom is -0.361 e. The van der Waals surface area contributed by atoms with Crippen LogP contribution in [0.2, 0.25) is 5.02 Å². The van der Waals surface area contributed by atoms with Gasteiger partial charge >= 0.3 is 6.03 Å². The number of carbonyl (C=O) groups excluding carboxylic acids is 1. The SMILES string of the molecule is Cc1cc(F)cc(F)c1.O=C(NCc1ncccc1-c1c[nH]c2ccccc12)NSc1ccccc1Cl. The fraction of sp³-hybridized carbons (Fsp3) is 0.0714. The summed E-state index contributed by atoms with van der Waals surface area (Å²) in [6.45, 7) is 1.96. The number of fused-ring (bicyclic) bond motifs is 1. The smallest absolute Gasteiger partial charge is 0.325 e. The van der Waals surface area contributed by atoms with Gasteiger partial charge in [-0.3, -0.25) is 9.71 Å². The molecule has 0 atom stereocenters. The Morgan fingerprint density at radius 2 is 1.70 bits per heavy atom. The van der Waals surface area contributed by atoms with Crippen LogP contribution in [0.5, 0.6) is 0 Å². The summed E-state index contributed by atoms with van der Waals surface area (Å²) in [6, 6.07) is 22.5. The average molecular weight is 537 g/mol. The maximum atomic E-state index is 12.2. The van der Waals surface area contributed by atoms with E-state index in [1.54, 1.807) is 19.2 Å². The van der Waals surface area contributed by atoms with Crippen LogP contribution in [0.15, 0.2) is 96.2 Å². The summed E-state index contributed by atoms with van der Waals surface area (Å²) < 4.78 is 27.1. The lowest BCUT2D eigenvalue weighted by Gasteiger charge is -2.10. The highest BCUT2D eigenvalue weighted by atomic mass is 35.5. The molecular weight excluding hydrogens is 514 g/mol. The summed E-state index contributed by atoms with van der Waals surface area (Å²) in [7, 11) is 0. The van der Waals surface area contributed by atoms with Crippen LogP contribution in [0, 0.1) is 18.6 Å². The summed E-state index contributed by atoms with van der Waals surface area (Å²) in [6.07, 6.45) is 3.70. The van der Waals surface area contributed by atoms with Crippen LogP contribution in [0.1, 0.15) is 11.3 Å². The molecular formula is C28H23ClF2N4OS. The number of H-pyrrole nitrogens is 1. The maximum Gasteiger partial charge on any atom is 0.325 e. The summed E-state index contributed by atoms with van der Waals surface area (Å²) in [5.41, 5.74) is 4.51. The first kappa shape index (κ1) is 26.2. The van der Waals surface area contributed by atoms with E-state index in [2.05, 4.69) is 26.1 Å². The van der Waals surface area contributed by atoms with E-state index in [-0.39, 0.29) is 6.03 Å². The number of aryl methyl sites for hydroxylation is 1. The number of urea groups is 1. The fourth-order valence-electron chi connectivity index (χ4n) is 3.64. The van der Waals surface area contributed by atoms with Gasteiger partial charge < -0.3 is 10.3 Å². The van der Waals surface area contributed by atoms with Crippen molar-refractivity contribution < 1.29 is 13.6 Å². The molecule has 0 spiro atoms. The van der Waals surface area contributed by atoms with Crippen LogP contribution in [-0.2, 0) is 6.54 Å². The molecule has 188 valence electrons. The zero-order chi connectivity index (χ0) is 26.2. The number of rotatable bonds is 5. The van der Waals surface area contributed by atoms with Gasteiger partial charge in [-0.1, -0.05) is 48.0 Å². The molecule has 3 N–H and O–H groups in total. The second-order valence-corrected chi connectivity index (χ2v) is 9.26. The molecule has 0 radical (unpaired) electrons. The molecule has 2 heterocycles. The third-order valence-electron chi connectivity index (χ3n) is 5.28. The maximum absolute atomic E-state index is 12.2. The first-order valence-corrected chi connectivity index (χ1v) is 12.5. The van der Waals surface area contributed by atoms with E-state index in [9.17, 15) is 13.6 Å². The molecule has 0 saturated heterocycles. The third kappa shape index (κ3) is 7.09. The number of nitrogens with zero attached hydrogens (tertiary/aromatic N) is 1. The zero-order valence-electron chi connectivity index (χ0n) is 19.8. The molecule has 3 aromatic carbocycles. The van der Waals surface area contributed by atoms with E-state index in [0.717, 1.165) is 38.7 Å². The minimum absolute atomic E-state index is 0.305. The van der Waals surface area contributed by atoms with E-state index in [1.165, 1.54) is 24.1 Å². The Kier molecular flexibility index (Phi) is 8.77. The monoisotopic (exact) mass is 536 g/mol. The van der Waals surface area contributed by atoms with E-state index in [1.807, 2.05) is 54.7 Å². The van der Waals surface area contributed by atoms with Gasteiger partial charge in [0.15, 0.2) is 0 Å². The number of hydrogen-bond donors (Lipinski definition) is 3. The molecule has 5 aromatic rings. The Morgan fingerprint density at radius 1 is 0.973 bits per heavy atom. The highest BCUT2D eigenvalue weighted by Gasteiger charge is 2.12. The van der Waals surface area contributed by atoms with Gasteiger partial charge in [0.2, 0.25) is 0 Å². The highest BCUT2D eigenvalue weighted by Crippen LogP contribution is 2.30. The molecule has 5 nitrogen and oxygen atoms in total. The molecule has 9 heteroatoms. The Hall–Kier alpha value is -3.88. The fourth-order valence-corrected chi connectivity index (χ4v) is 4.48. The lowest BCUT2D eigenvalue weighted by molar-refractivity contribution is 0.246. The zero-order valence-corrected chi connectivity index (χ0v) is 21.3. The van der Waals surface area contributed by atoms with Crippen LogP contribution < -0.4 is 10.0 Å². The molecule has 5 rings (SSSR count). The standard InChI is InChI=1S/C21H17ClN4OS.C7H6F2/c22-17-8-2-4-10-20(17)28-26-21(27)25-13-19-15(7-5-11-23-19)16-12-24-18-9-3-1-6-14(16)18;1-5-2-6(8)4-7(9)3-5/h1-12,24H,13H2,(H2,25,26,27);2-4H,1H3. The number of para-hydroxylation sites is 1. The van der Waals surface area contributed by atoms with Crippen molar-refractivity contribution in [2.45, 2.75) is 18.4 Å². The lowest BCUT2D eigenvalue weighted by atomic mass is 10.0. The number of nitrogens with one attached hydrogen (secondary N) is 3. The quantitative estimate of drug-likeness (QED) is 0.202. The molecule has 37 heavy (non-hydrogen) atoms. The van der Waals surface area contributed by atoms with E-state index in [0.29, 0.717) is 17.1 Å². The van der Waals surface area contributed by atoms with Crippen molar-refractivity contribution in [2.24, 2.45) is 0 Å². The predicted octanol–water partition coefficient (Wildman–Crippen LogP) is 7.66. The summed E-state index contributed by atoms with van der Waals surface area (Å²) >= 11 is 7.28. The van der Waals surface area contributed by atoms with Gasteiger partial charge in [-0.05, 0) is 60.8 Å². The number of benzene rings is 3. The number of pyridine rings is 1. The minimum atomic E-state index is -0.521. The second-order valence-electron chi connectivity index (χ2n) is 8.01. The molecule has 2 aromatic heterocycles. The number of aromatic amines is 1. The normalized spacial score (nSPS) is 10.5. The molecule has 0 aliphatic heterocycles.